The first-order valence-electron chi connectivity index (χ1n) is 11.8. The summed E-state index contributed by atoms with van der Waals surface area (Å²) >= 11 is 0. The van der Waals surface area contributed by atoms with E-state index in [1.807, 2.05) is 24.3 Å². The molecule has 0 bridgehead atoms. The molecule has 0 spiro atoms. The highest BCUT2D eigenvalue weighted by atomic mass is 19.4. The Morgan fingerprint density at radius 3 is 1.97 bits per heavy atom. The topological polar surface area (TPSA) is 95.5 Å². The lowest BCUT2D eigenvalue weighted by Gasteiger charge is -2.23. The monoisotopic (exact) mass is 508 g/mol. The third-order valence-corrected chi connectivity index (χ3v) is 6.50. The maximum Gasteiger partial charge on any atom is 0.490 e. The van der Waals surface area contributed by atoms with Gasteiger partial charge in [-0.1, -0.05) is 31.4 Å². The minimum Gasteiger partial charge on any atom is -0.475 e. The van der Waals surface area contributed by atoms with Crippen molar-refractivity contribution in [3.8, 4) is 0 Å². The molecule has 0 atom stereocenters. The molecule has 2 amide bonds. The molecule has 3 N–H and O–H groups in total. The van der Waals surface area contributed by atoms with E-state index in [-0.39, 0.29) is 17.6 Å². The van der Waals surface area contributed by atoms with Crippen molar-refractivity contribution in [3.05, 3.63) is 65.5 Å². The van der Waals surface area contributed by atoms with Gasteiger partial charge in [0.15, 0.2) is 0 Å². The van der Waals surface area contributed by atoms with Crippen molar-refractivity contribution >= 4 is 23.5 Å². The third kappa shape index (κ3) is 7.29. The van der Waals surface area contributed by atoms with Gasteiger partial charge in [-0.2, -0.15) is 13.2 Å². The van der Waals surface area contributed by atoms with Crippen molar-refractivity contribution in [2.24, 2.45) is 5.92 Å². The molecular formula is C26H28F4N2O4. The Hall–Kier alpha value is -3.43. The van der Waals surface area contributed by atoms with E-state index >= 15 is 0 Å². The Labute approximate surface area is 206 Å². The molecule has 0 radical (unpaired) electrons. The number of aliphatic carboxylic acids is 1. The van der Waals surface area contributed by atoms with Crippen LogP contribution < -0.4 is 10.6 Å². The molecule has 194 valence electrons. The Morgan fingerprint density at radius 1 is 0.917 bits per heavy atom. The molecule has 36 heavy (non-hydrogen) atoms. The average molecular weight is 509 g/mol. The average Bonchev–Trinajstić information content (AvgIpc) is 3.66. The van der Waals surface area contributed by atoms with E-state index in [9.17, 15) is 27.2 Å². The van der Waals surface area contributed by atoms with Gasteiger partial charge in [-0.3, -0.25) is 9.59 Å². The molecule has 2 saturated carbocycles. The van der Waals surface area contributed by atoms with Crippen molar-refractivity contribution in [2.45, 2.75) is 56.5 Å². The van der Waals surface area contributed by atoms with Crippen molar-refractivity contribution in [1.29, 1.82) is 0 Å². The SMILES string of the molecule is O=C(Nc1ccc(C2(C(=O)NCC3CCCCC3)CC2)cc1)c1ccc(F)cc1.O=C(O)C(F)(F)F. The van der Waals surface area contributed by atoms with Gasteiger partial charge < -0.3 is 15.7 Å². The second-order valence-corrected chi connectivity index (χ2v) is 9.14. The van der Waals surface area contributed by atoms with Gasteiger partial charge in [0.05, 0.1) is 5.41 Å². The quantitative estimate of drug-likeness (QED) is 0.453. The lowest BCUT2D eigenvalue weighted by atomic mass is 9.88. The van der Waals surface area contributed by atoms with Crippen LogP contribution in [0.3, 0.4) is 0 Å². The molecule has 0 heterocycles. The smallest absolute Gasteiger partial charge is 0.475 e. The van der Waals surface area contributed by atoms with Gasteiger partial charge >= 0.3 is 12.1 Å². The van der Waals surface area contributed by atoms with Crippen LogP contribution in [0, 0.1) is 11.7 Å². The van der Waals surface area contributed by atoms with Crippen molar-refractivity contribution in [1.82, 2.24) is 5.32 Å². The second-order valence-electron chi connectivity index (χ2n) is 9.14. The number of hydrogen-bond donors (Lipinski definition) is 3. The highest BCUT2D eigenvalue weighted by Crippen LogP contribution is 2.48. The van der Waals surface area contributed by atoms with Crippen molar-refractivity contribution in [3.63, 3.8) is 0 Å². The van der Waals surface area contributed by atoms with E-state index in [2.05, 4.69) is 10.6 Å². The van der Waals surface area contributed by atoms with Crippen LogP contribution in [0.4, 0.5) is 23.2 Å². The summed E-state index contributed by atoms with van der Waals surface area (Å²) in [5.74, 6) is -2.67. The number of carbonyl (C=O) groups is 3. The van der Waals surface area contributed by atoms with Crippen LogP contribution >= 0.6 is 0 Å². The molecule has 10 heteroatoms. The summed E-state index contributed by atoms with van der Waals surface area (Å²) in [5.41, 5.74) is 1.64. The van der Waals surface area contributed by atoms with E-state index in [1.165, 1.54) is 56.4 Å². The van der Waals surface area contributed by atoms with Gasteiger partial charge in [0.2, 0.25) is 5.91 Å². The molecule has 2 fully saturated rings. The molecule has 2 aliphatic carbocycles. The normalized spacial score (nSPS) is 16.8. The minimum atomic E-state index is -5.08. The highest BCUT2D eigenvalue weighted by Gasteiger charge is 2.51. The molecule has 2 aromatic carbocycles. The minimum absolute atomic E-state index is 0.131. The fourth-order valence-corrected chi connectivity index (χ4v) is 4.25. The van der Waals surface area contributed by atoms with Gasteiger partial charge in [-0.25, -0.2) is 9.18 Å². The number of amides is 2. The first-order chi connectivity index (χ1) is 17.0. The van der Waals surface area contributed by atoms with Crippen LogP contribution in [0.15, 0.2) is 48.5 Å². The molecule has 0 aliphatic heterocycles. The van der Waals surface area contributed by atoms with E-state index in [0.29, 0.717) is 17.2 Å². The predicted octanol–water partition coefficient (Wildman–Crippen LogP) is 5.44. The summed E-state index contributed by atoms with van der Waals surface area (Å²) in [6.07, 6.45) is 2.95. The summed E-state index contributed by atoms with van der Waals surface area (Å²) in [5, 5.41) is 13.1. The van der Waals surface area contributed by atoms with Gasteiger partial charge in [-0.05, 0) is 73.6 Å². The van der Waals surface area contributed by atoms with E-state index in [4.69, 9.17) is 9.90 Å². The number of anilines is 1. The number of benzene rings is 2. The van der Waals surface area contributed by atoms with Gasteiger partial charge in [0.25, 0.3) is 5.91 Å². The predicted molar refractivity (Wildman–Crippen MR) is 125 cm³/mol. The standard InChI is InChI=1S/C24H27FN2O2.C2HF3O2/c25-20-10-6-18(7-11-20)22(28)27-21-12-8-19(9-13-21)24(14-15-24)23(29)26-16-17-4-2-1-3-5-17;3-2(4,5)1(6)7/h6-13,17H,1-5,14-16H2,(H,26,29)(H,27,28);(H,6,7). The maximum atomic E-state index is 13.0. The number of nitrogens with one attached hydrogen (secondary N) is 2. The van der Waals surface area contributed by atoms with Crippen LogP contribution in [0.2, 0.25) is 0 Å². The number of hydrogen-bond acceptors (Lipinski definition) is 3. The largest absolute Gasteiger partial charge is 0.490 e. The fraction of sp³-hybridized carbons (Fsp3) is 0.423. The van der Waals surface area contributed by atoms with E-state index in [0.717, 1.165) is 24.9 Å². The van der Waals surface area contributed by atoms with Gasteiger partial charge in [0.1, 0.15) is 5.82 Å². The summed E-state index contributed by atoms with van der Waals surface area (Å²) in [7, 11) is 0. The Balaban J connectivity index is 0.000000454. The molecule has 0 saturated heterocycles. The number of carboxylic acids is 1. The first-order valence-corrected chi connectivity index (χ1v) is 11.8. The Morgan fingerprint density at radius 2 is 1.47 bits per heavy atom. The fourth-order valence-electron chi connectivity index (χ4n) is 4.25. The summed E-state index contributed by atoms with van der Waals surface area (Å²) in [6, 6.07) is 12.9. The lowest BCUT2D eigenvalue weighted by molar-refractivity contribution is -0.192. The molecule has 6 nitrogen and oxygen atoms in total. The zero-order chi connectivity index (χ0) is 26.3. The molecule has 2 aliphatic rings. The number of alkyl halides is 3. The van der Waals surface area contributed by atoms with Crippen LogP contribution in [-0.2, 0) is 15.0 Å². The van der Waals surface area contributed by atoms with Gasteiger partial charge in [0, 0.05) is 17.8 Å². The summed E-state index contributed by atoms with van der Waals surface area (Å²) in [6.45, 7) is 0.784. The molecule has 0 unspecified atom stereocenters. The third-order valence-electron chi connectivity index (χ3n) is 6.50. The maximum absolute atomic E-state index is 13.0. The molecule has 4 rings (SSSR count). The zero-order valence-electron chi connectivity index (χ0n) is 19.5. The van der Waals surface area contributed by atoms with Gasteiger partial charge in [-0.15, -0.1) is 0 Å². The molecule has 0 aromatic heterocycles. The van der Waals surface area contributed by atoms with E-state index in [1.54, 1.807) is 0 Å². The van der Waals surface area contributed by atoms with Crippen LogP contribution in [0.25, 0.3) is 0 Å². The Kier molecular flexibility index (Phi) is 8.70. The highest BCUT2D eigenvalue weighted by molar-refractivity contribution is 6.04. The number of halogens is 4. The number of rotatable bonds is 6. The zero-order valence-corrected chi connectivity index (χ0v) is 19.5. The van der Waals surface area contributed by atoms with Crippen molar-refractivity contribution < 1.29 is 37.1 Å². The first kappa shape index (κ1) is 27.2. The lowest BCUT2D eigenvalue weighted by Crippen LogP contribution is -2.38. The van der Waals surface area contributed by atoms with Crippen LogP contribution in [0.1, 0.15) is 60.9 Å². The number of carboxylic acid groups (broad SMARTS) is 1. The summed E-state index contributed by atoms with van der Waals surface area (Å²) < 4.78 is 44.7. The van der Waals surface area contributed by atoms with Crippen LogP contribution in [0.5, 0.6) is 0 Å². The number of carbonyl (C=O) groups excluding carboxylic acids is 2. The van der Waals surface area contributed by atoms with Crippen molar-refractivity contribution in [2.75, 3.05) is 11.9 Å². The van der Waals surface area contributed by atoms with E-state index < -0.39 is 17.6 Å². The molecule has 2 aromatic rings. The summed E-state index contributed by atoms with van der Waals surface area (Å²) in [4.78, 5) is 34.0. The second kappa shape index (κ2) is 11.5. The van der Waals surface area contributed by atoms with Crippen LogP contribution in [-0.4, -0.2) is 35.6 Å². The Bertz CT molecular complexity index is 1060. The molecular weight excluding hydrogens is 480 g/mol.